The van der Waals surface area contributed by atoms with E-state index in [1.807, 2.05) is 30.3 Å². The van der Waals surface area contributed by atoms with Crippen LogP contribution in [-0.4, -0.2) is 29.8 Å². The number of hydrogen-bond acceptors (Lipinski definition) is 7. The summed E-state index contributed by atoms with van der Waals surface area (Å²) in [6.07, 6.45) is 3.36. The van der Waals surface area contributed by atoms with Crippen molar-refractivity contribution < 1.29 is 23.7 Å². The number of aromatic nitrogens is 2. The molecule has 0 aliphatic carbocycles. The summed E-state index contributed by atoms with van der Waals surface area (Å²) < 4.78 is 21.5. The van der Waals surface area contributed by atoms with E-state index in [9.17, 15) is 4.79 Å². The fourth-order valence-corrected chi connectivity index (χ4v) is 3.42. The Balaban J connectivity index is 1.19. The number of nitrogens with one attached hydrogen (secondary N) is 1. The second kappa shape index (κ2) is 9.50. The second-order valence-corrected chi connectivity index (χ2v) is 7.48. The van der Waals surface area contributed by atoms with Crippen molar-refractivity contribution in [2.45, 2.75) is 6.54 Å². The lowest BCUT2D eigenvalue weighted by atomic mass is 10.1. The van der Waals surface area contributed by atoms with Gasteiger partial charge in [-0.1, -0.05) is 18.2 Å². The standard InChI is InChI=1S/C26H21N3O5/c1-31-21-7-9-22(10-8-21)34-26-28-14-20(15-29-26)18-3-5-19(6-4-18)25(30)27-13-17-2-11-23-24(12-17)33-16-32-23/h2-12,14-15H,13,16H2,1H3,(H,27,30). The maximum absolute atomic E-state index is 12.5. The normalized spacial score (nSPS) is 11.7. The monoisotopic (exact) mass is 455 g/mol. The number of hydrogen-bond donors (Lipinski definition) is 1. The molecular weight excluding hydrogens is 434 g/mol. The van der Waals surface area contributed by atoms with Crippen molar-refractivity contribution in [3.05, 3.63) is 90.3 Å². The van der Waals surface area contributed by atoms with E-state index in [-0.39, 0.29) is 18.7 Å². The van der Waals surface area contributed by atoms with Gasteiger partial charge in [0.1, 0.15) is 11.5 Å². The van der Waals surface area contributed by atoms with E-state index in [0.717, 1.165) is 28.2 Å². The molecule has 1 aliphatic heterocycles. The van der Waals surface area contributed by atoms with Gasteiger partial charge in [-0.15, -0.1) is 0 Å². The van der Waals surface area contributed by atoms with Gasteiger partial charge in [0.05, 0.1) is 7.11 Å². The molecule has 1 amide bonds. The van der Waals surface area contributed by atoms with Crippen molar-refractivity contribution in [3.63, 3.8) is 0 Å². The Kier molecular flexibility index (Phi) is 5.94. The first kappa shape index (κ1) is 21.3. The molecule has 4 aromatic rings. The van der Waals surface area contributed by atoms with Crippen molar-refractivity contribution >= 4 is 5.91 Å². The highest BCUT2D eigenvalue weighted by atomic mass is 16.7. The minimum Gasteiger partial charge on any atom is -0.497 e. The molecule has 0 unspecified atom stereocenters. The van der Waals surface area contributed by atoms with Crippen molar-refractivity contribution in [2.24, 2.45) is 0 Å². The molecule has 8 heteroatoms. The molecule has 1 N–H and O–H groups in total. The molecule has 1 aromatic heterocycles. The van der Waals surface area contributed by atoms with Crippen molar-refractivity contribution in [2.75, 3.05) is 13.9 Å². The Labute approximate surface area is 196 Å². The number of nitrogens with zero attached hydrogens (tertiary/aromatic N) is 2. The van der Waals surface area contributed by atoms with Crippen LogP contribution >= 0.6 is 0 Å². The summed E-state index contributed by atoms with van der Waals surface area (Å²) in [6, 6.07) is 20.3. The molecule has 0 saturated heterocycles. The quantitative estimate of drug-likeness (QED) is 0.435. The molecule has 0 fully saturated rings. The lowest BCUT2D eigenvalue weighted by Crippen LogP contribution is -2.22. The van der Waals surface area contributed by atoms with Gasteiger partial charge in [0.25, 0.3) is 5.91 Å². The third-order valence-corrected chi connectivity index (χ3v) is 5.27. The van der Waals surface area contributed by atoms with Crippen LogP contribution in [-0.2, 0) is 6.54 Å². The molecular formula is C26H21N3O5. The first-order chi connectivity index (χ1) is 16.7. The summed E-state index contributed by atoms with van der Waals surface area (Å²) in [7, 11) is 1.61. The molecule has 2 heterocycles. The number of ether oxygens (including phenoxy) is 4. The minimum atomic E-state index is -0.163. The number of carbonyl (C=O) groups excluding carboxylic acids is 1. The van der Waals surface area contributed by atoms with Crippen LogP contribution in [0.15, 0.2) is 79.1 Å². The van der Waals surface area contributed by atoms with Crippen LogP contribution < -0.4 is 24.3 Å². The van der Waals surface area contributed by atoms with Gasteiger partial charge in [-0.25, -0.2) is 9.97 Å². The van der Waals surface area contributed by atoms with Gasteiger partial charge in [-0.05, 0) is 59.7 Å². The first-order valence-corrected chi connectivity index (χ1v) is 10.6. The number of benzene rings is 3. The Bertz CT molecular complexity index is 1290. The topological polar surface area (TPSA) is 91.8 Å². The number of carbonyl (C=O) groups is 1. The zero-order valence-corrected chi connectivity index (χ0v) is 18.4. The van der Waals surface area contributed by atoms with Gasteiger partial charge >= 0.3 is 6.01 Å². The molecule has 34 heavy (non-hydrogen) atoms. The zero-order valence-electron chi connectivity index (χ0n) is 18.4. The molecule has 5 rings (SSSR count). The van der Waals surface area contributed by atoms with Crippen LogP contribution in [0.5, 0.6) is 29.0 Å². The van der Waals surface area contributed by atoms with Gasteiger partial charge in [0.15, 0.2) is 11.5 Å². The van der Waals surface area contributed by atoms with Gasteiger partial charge in [-0.2, -0.15) is 0 Å². The molecule has 0 radical (unpaired) electrons. The van der Waals surface area contributed by atoms with Crippen LogP contribution in [0.25, 0.3) is 11.1 Å². The second-order valence-electron chi connectivity index (χ2n) is 7.48. The smallest absolute Gasteiger partial charge is 0.321 e. The van der Waals surface area contributed by atoms with Crippen LogP contribution in [0.2, 0.25) is 0 Å². The minimum absolute atomic E-state index is 0.163. The van der Waals surface area contributed by atoms with E-state index >= 15 is 0 Å². The van der Waals surface area contributed by atoms with Crippen LogP contribution in [0.4, 0.5) is 0 Å². The Morgan fingerprint density at radius 3 is 2.32 bits per heavy atom. The zero-order chi connectivity index (χ0) is 23.3. The van der Waals surface area contributed by atoms with Crippen LogP contribution in [0.3, 0.4) is 0 Å². The summed E-state index contributed by atoms with van der Waals surface area (Å²) in [5, 5.41) is 2.92. The summed E-state index contributed by atoms with van der Waals surface area (Å²) in [5.74, 6) is 2.61. The third-order valence-electron chi connectivity index (χ3n) is 5.27. The number of methoxy groups -OCH3 is 1. The summed E-state index contributed by atoms with van der Waals surface area (Å²) in [4.78, 5) is 21.1. The fourth-order valence-electron chi connectivity index (χ4n) is 3.42. The maximum Gasteiger partial charge on any atom is 0.321 e. The summed E-state index contributed by atoms with van der Waals surface area (Å²) in [5.41, 5.74) is 3.20. The molecule has 0 atom stereocenters. The highest BCUT2D eigenvalue weighted by Gasteiger charge is 2.14. The van der Waals surface area contributed by atoms with E-state index in [4.69, 9.17) is 18.9 Å². The molecule has 0 saturated carbocycles. The van der Waals surface area contributed by atoms with Gasteiger partial charge in [0.2, 0.25) is 6.79 Å². The lowest BCUT2D eigenvalue weighted by Gasteiger charge is -2.08. The van der Waals surface area contributed by atoms with E-state index in [0.29, 0.717) is 23.6 Å². The molecule has 8 nitrogen and oxygen atoms in total. The lowest BCUT2D eigenvalue weighted by molar-refractivity contribution is 0.0951. The number of fused-ring (bicyclic) bond motifs is 1. The van der Waals surface area contributed by atoms with E-state index in [1.165, 1.54) is 0 Å². The molecule has 0 spiro atoms. The number of rotatable bonds is 7. The van der Waals surface area contributed by atoms with Crippen molar-refractivity contribution in [1.82, 2.24) is 15.3 Å². The van der Waals surface area contributed by atoms with Gasteiger partial charge < -0.3 is 24.3 Å². The predicted molar refractivity (Wildman–Crippen MR) is 124 cm³/mol. The SMILES string of the molecule is COc1ccc(Oc2ncc(-c3ccc(C(=O)NCc4ccc5c(c4)OCO5)cc3)cn2)cc1. The Morgan fingerprint density at radius 1 is 0.882 bits per heavy atom. The number of amides is 1. The Morgan fingerprint density at radius 2 is 1.59 bits per heavy atom. The Hall–Kier alpha value is -4.59. The van der Waals surface area contributed by atoms with Crippen LogP contribution in [0, 0.1) is 0 Å². The predicted octanol–water partition coefficient (Wildman–Crippen LogP) is 4.60. The molecule has 1 aliphatic rings. The first-order valence-electron chi connectivity index (χ1n) is 10.6. The largest absolute Gasteiger partial charge is 0.497 e. The fraction of sp³-hybridized carbons (Fsp3) is 0.115. The highest BCUT2D eigenvalue weighted by Crippen LogP contribution is 2.32. The van der Waals surface area contributed by atoms with Crippen molar-refractivity contribution in [3.8, 4) is 40.1 Å². The van der Waals surface area contributed by atoms with E-state index in [1.54, 1.807) is 55.9 Å². The highest BCUT2D eigenvalue weighted by molar-refractivity contribution is 5.94. The maximum atomic E-state index is 12.5. The molecule has 170 valence electrons. The van der Waals surface area contributed by atoms with Gasteiger partial charge in [0, 0.05) is 30.1 Å². The summed E-state index contributed by atoms with van der Waals surface area (Å²) >= 11 is 0. The van der Waals surface area contributed by atoms with Gasteiger partial charge in [-0.3, -0.25) is 4.79 Å². The van der Waals surface area contributed by atoms with E-state index in [2.05, 4.69) is 15.3 Å². The van der Waals surface area contributed by atoms with Crippen LogP contribution in [0.1, 0.15) is 15.9 Å². The molecule has 3 aromatic carbocycles. The van der Waals surface area contributed by atoms with E-state index < -0.39 is 0 Å². The third kappa shape index (κ3) is 4.75. The molecule has 0 bridgehead atoms. The average Bonchev–Trinajstić information content (AvgIpc) is 3.36. The summed E-state index contributed by atoms with van der Waals surface area (Å²) in [6.45, 7) is 0.613. The van der Waals surface area contributed by atoms with Crippen molar-refractivity contribution in [1.29, 1.82) is 0 Å². The average molecular weight is 455 g/mol.